The highest BCUT2D eigenvalue weighted by molar-refractivity contribution is 7.98. The van der Waals surface area contributed by atoms with Gasteiger partial charge in [0.15, 0.2) is 0 Å². The molecule has 126 valence electrons. The Morgan fingerprint density at radius 3 is 2.87 bits per heavy atom. The number of hydrogen-bond acceptors (Lipinski definition) is 4. The Morgan fingerprint density at radius 2 is 2.22 bits per heavy atom. The van der Waals surface area contributed by atoms with Gasteiger partial charge < -0.3 is 15.5 Å². The zero-order chi connectivity index (χ0) is 16.8. The highest BCUT2D eigenvalue weighted by Crippen LogP contribution is 2.12. The number of carbonyl (C=O) groups is 2. The van der Waals surface area contributed by atoms with Crippen LogP contribution in [0.1, 0.15) is 12.0 Å². The Kier molecular flexibility index (Phi) is 6.41. The summed E-state index contributed by atoms with van der Waals surface area (Å²) in [5.41, 5.74) is 6.63. The van der Waals surface area contributed by atoms with Gasteiger partial charge in [-0.3, -0.25) is 9.59 Å². The molecule has 1 aromatic carbocycles. The quantitative estimate of drug-likeness (QED) is 0.842. The largest absolute Gasteiger partial charge is 0.335 e. The van der Waals surface area contributed by atoms with Crippen LogP contribution in [-0.4, -0.2) is 59.3 Å². The minimum atomic E-state index is -0.551. The molecule has 1 aromatic rings. The minimum absolute atomic E-state index is 0.0428. The minimum Gasteiger partial charge on any atom is -0.335 e. The van der Waals surface area contributed by atoms with Crippen LogP contribution >= 0.6 is 11.8 Å². The molecule has 0 bridgehead atoms. The van der Waals surface area contributed by atoms with Crippen LogP contribution in [0.3, 0.4) is 0 Å². The van der Waals surface area contributed by atoms with Gasteiger partial charge in [0, 0.05) is 19.6 Å². The number of hydrogen-bond donors (Lipinski definition) is 1. The third-order valence-electron chi connectivity index (χ3n) is 3.84. The number of nitrogens with zero attached hydrogens (tertiary/aromatic N) is 2. The van der Waals surface area contributed by atoms with Crippen molar-refractivity contribution in [1.82, 2.24) is 9.80 Å². The lowest BCUT2D eigenvalue weighted by molar-refractivity contribution is -0.146. The van der Waals surface area contributed by atoms with Gasteiger partial charge in [0.1, 0.15) is 5.82 Å². The van der Waals surface area contributed by atoms with E-state index in [1.165, 1.54) is 17.0 Å². The summed E-state index contributed by atoms with van der Waals surface area (Å²) in [4.78, 5) is 27.6. The van der Waals surface area contributed by atoms with Gasteiger partial charge in [0.2, 0.25) is 11.8 Å². The first kappa shape index (κ1) is 17.7. The van der Waals surface area contributed by atoms with Gasteiger partial charge in [-0.15, -0.1) is 0 Å². The summed E-state index contributed by atoms with van der Waals surface area (Å²) >= 11 is 1.64. The summed E-state index contributed by atoms with van der Waals surface area (Å²) in [6.45, 7) is 1.31. The summed E-state index contributed by atoms with van der Waals surface area (Å²) < 4.78 is 13.2. The Bertz CT molecular complexity index is 570. The smallest absolute Gasteiger partial charge is 0.242 e. The molecule has 1 aliphatic rings. The fraction of sp³-hybridized carbons (Fsp3) is 0.500. The van der Waals surface area contributed by atoms with Crippen LogP contribution in [0.25, 0.3) is 0 Å². The average molecular weight is 339 g/mol. The zero-order valence-corrected chi connectivity index (χ0v) is 14.0. The fourth-order valence-corrected chi connectivity index (χ4v) is 3.01. The van der Waals surface area contributed by atoms with E-state index in [2.05, 4.69) is 0 Å². The number of thioether (sulfide) groups is 1. The normalized spacial score (nSPS) is 16.6. The molecule has 1 heterocycles. The molecule has 0 aliphatic carbocycles. The first-order valence-electron chi connectivity index (χ1n) is 7.57. The zero-order valence-electron chi connectivity index (χ0n) is 13.2. The van der Waals surface area contributed by atoms with Gasteiger partial charge in [0.05, 0.1) is 12.6 Å². The van der Waals surface area contributed by atoms with Gasteiger partial charge in [-0.2, -0.15) is 11.8 Å². The van der Waals surface area contributed by atoms with E-state index in [9.17, 15) is 14.0 Å². The molecule has 1 aliphatic heterocycles. The first-order chi connectivity index (χ1) is 11.0. The van der Waals surface area contributed by atoms with Crippen molar-refractivity contribution in [1.29, 1.82) is 0 Å². The second kappa shape index (κ2) is 8.31. The first-order valence-corrected chi connectivity index (χ1v) is 8.96. The molecule has 2 N–H and O–H groups in total. The number of amides is 2. The van der Waals surface area contributed by atoms with Crippen LogP contribution < -0.4 is 5.73 Å². The molecule has 1 atom stereocenters. The molecule has 7 heteroatoms. The van der Waals surface area contributed by atoms with E-state index in [-0.39, 0.29) is 24.2 Å². The van der Waals surface area contributed by atoms with Gasteiger partial charge in [-0.05, 0) is 36.1 Å². The summed E-state index contributed by atoms with van der Waals surface area (Å²) in [6.07, 6.45) is 2.57. The van der Waals surface area contributed by atoms with Crippen molar-refractivity contribution in [2.75, 3.05) is 31.6 Å². The van der Waals surface area contributed by atoms with Crippen LogP contribution in [0.5, 0.6) is 0 Å². The molecule has 0 radical (unpaired) electrons. The lowest BCUT2D eigenvalue weighted by Gasteiger charge is -2.35. The molecular weight excluding hydrogens is 317 g/mol. The maximum absolute atomic E-state index is 13.2. The van der Waals surface area contributed by atoms with E-state index in [1.807, 2.05) is 6.26 Å². The van der Waals surface area contributed by atoms with Crippen LogP contribution in [-0.2, 0) is 16.1 Å². The number of piperazine rings is 1. The molecule has 23 heavy (non-hydrogen) atoms. The maximum Gasteiger partial charge on any atom is 0.242 e. The van der Waals surface area contributed by atoms with Crippen LogP contribution in [0.2, 0.25) is 0 Å². The van der Waals surface area contributed by atoms with Crippen molar-refractivity contribution in [2.24, 2.45) is 5.73 Å². The third-order valence-corrected chi connectivity index (χ3v) is 4.49. The van der Waals surface area contributed by atoms with E-state index in [0.29, 0.717) is 26.1 Å². The standard InChI is InChI=1S/C16H22FN3O2S/c1-23-8-5-14(18)16(22)20-7-6-19(15(21)11-20)10-12-3-2-4-13(17)9-12/h2-4,9,14H,5-8,10-11,18H2,1H3/t14-/m0/s1. The molecule has 0 saturated carbocycles. The summed E-state index contributed by atoms with van der Waals surface area (Å²) in [7, 11) is 0. The molecule has 2 rings (SSSR count). The van der Waals surface area contributed by atoms with E-state index < -0.39 is 6.04 Å². The molecule has 0 unspecified atom stereocenters. The van der Waals surface area contributed by atoms with Gasteiger partial charge >= 0.3 is 0 Å². The molecule has 1 fully saturated rings. The molecular formula is C16H22FN3O2S. The summed E-state index contributed by atoms with van der Waals surface area (Å²) in [6, 6.07) is 5.65. The Balaban J connectivity index is 1.89. The predicted octanol–water partition coefficient (Wildman–Crippen LogP) is 1.08. The average Bonchev–Trinajstić information content (AvgIpc) is 2.54. The highest BCUT2D eigenvalue weighted by Gasteiger charge is 2.29. The third kappa shape index (κ3) is 4.94. The van der Waals surface area contributed by atoms with Crippen molar-refractivity contribution in [3.8, 4) is 0 Å². The Labute approximate surface area is 140 Å². The van der Waals surface area contributed by atoms with E-state index in [0.717, 1.165) is 11.3 Å². The lowest BCUT2D eigenvalue weighted by Crippen LogP contribution is -2.55. The van der Waals surface area contributed by atoms with Crippen molar-refractivity contribution >= 4 is 23.6 Å². The van der Waals surface area contributed by atoms with Crippen molar-refractivity contribution < 1.29 is 14.0 Å². The van der Waals surface area contributed by atoms with Gasteiger partial charge in [0.25, 0.3) is 0 Å². The molecule has 0 aromatic heterocycles. The monoisotopic (exact) mass is 339 g/mol. The molecule has 5 nitrogen and oxygen atoms in total. The SMILES string of the molecule is CSCC[C@H](N)C(=O)N1CCN(Cc2cccc(F)c2)C(=O)C1. The summed E-state index contributed by atoms with van der Waals surface area (Å²) in [5.74, 6) is 0.202. The van der Waals surface area contributed by atoms with E-state index in [4.69, 9.17) is 5.73 Å². The highest BCUT2D eigenvalue weighted by atomic mass is 32.2. The Morgan fingerprint density at radius 1 is 1.43 bits per heavy atom. The fourth-order valence-electron chi connectivity index (χ4n) is 2.52. The van der Waals surface area contributed by atoms with Crippen LogP contribution in [0.15, 0.2) is 24.3 Å². The van der Waals surface area contributed by atoms with Crippen molar-refractivity contribution in [3.05, 3.63) is 35.6 Å². The summed E-state index contributed by atoms with van der Waals surface area (Å²) in [5, 5.41) is 0. The number of nitrogens with two attached hydrogens (primary N) is 1. The lowest BCUT2D eigenvalue weighted by atomic mass is 10.1. The van der Waals surface area contributed by atoms with Gasteiger partial charge in [-0.25, -0.2) is 4.39 Å². The second-order valence-electron chi connectivity index (χ2n) is 5.59. The maximum atomic E-state index is 13.2. The van der Waals surface area contributed by atoms with Crippen molar-refractivity contribution in [3.63, 3.8) is 0 Å². The second-order valence-corrected chi connectivity index (χ2v) is 6.58. The number of benzene rings is 1. The van der Waals surface area contributed by atoms with Crippen molar-refractivity contribution in [2.45, 2.75) is 19.0 Å². The number of rotatable bonds is 6. The number of halogens is 1. The van der Waals surface area contributed by atoms with Crippen LogP contribution in [0.4, 0.5) is 4.39 Å². The number of carbonyl (C=O) groups excluding carboxylic acids is 2. The Hall–Kier alpha value is -1.60. The molecule has 1 saturated heterocycles. The van der Waals surface area contributed by atoms with E-state index >= 15 is 0 Å². The topological polar surface area (TPSA) is 66.6 Å². The predicted molar refractivity (Wildman–Crippen MR) is 89.4 cm³/mol. The molecule has 2 amide bonds. The molecule has 0 spiro atoms. The van der Waals surface area contributed by atoms with E-state index in [1.54, 1.807) is 28.8 Å². The van der Waals surface area contributed by atoms with Gasteiger partial charge in [-0.1, -0.05) is 12.1 Å². The van der Waals surface area contributed by atoms with Crippen LogP contribution in [0, 0.1) is 5.82 Å².